The lowest BCUT2D eigenvalue weighted by Gasteiger charge is -2.28. The molecule has 1 aromatic heterocycles. The molecule has 11 nitrogen and oxygen atoms in total. The number of ether oxygens (including phenoxy) is 1. The molecule has 0 N–H and O–H groups in total. The van der Waals surface area contributed by atoms with Gasteiger partial charge in [0.1, 0.15) is 16.8 Å². The highest BCUT2D eigenvalue weighted by Crippen LogP contribution is 2.31. The number of carbonyl (C=O) groups excluding carboxylic acids is 4. The third kappa shape index (κ3) is 5.46. The smallest absolute Gasteiger partial charge is 0.308 e. The molecule has 0 spiro atoms. The van der Waals surface area contributed by atoms with Crippen LogP contribution < -0.4 is 9.64 Å². The number of nitro benzene ring substituents is 1. The van der Waals surface area contributed by atoms with Gasteiger partial charge < -0.3 is 9.64 Å². The zero-order valence-corrected chi connectivity index (χ0v) is 20.1. The maximum Gasteiger partial charge on any atom is 0.308 e. The van der Waals surface area contributed by atoms with Crippen molar-refractivity contribution in [2.24, 2.45) is 0 Å². The number of nitro groups is 1. The second-order valence-electron chi connectivity index (χ2n) is 8.09. The third-order valence-electron chi connectivity index (χ3n) is 5.58. The van der Waals surface area contributed by atoms with E-state index < -0.39 is 40.3 Å². The number of hydrogen-bond acceptors (Lipinski definition) is 8. The average Bonchev–Trinajstić information content (AvgIpc) is 3.16. The Bertz CT molecular complexity index is 1400. The van der Waals surface area contributed by atoms with E-state index in [1.54, 1.807) is 18.3 Å². The van der Waals surface area contributed by atoms with Gasteiger partial charge in [-0.15, -0.1) is 0 Å². The van der Waals surface area contributed by atoms with Gasteiger partial charge in [0, 0.05) is 37.5 Å². The molecule has 0 bridgehead atoms. The largest absolute Gasteiger partial charge is 0.427 e. The van der Waals surface area contributed by atoms with Crippen LogP contribution in [0.2, 0.25) is 5.02 Å². The Morgan fingerprint density at radius 3 is 2.54 bits per heavy atom. The van der Waals surface area contributed by atoms with Crippen molar-refractivity contribution < 1.29 is 28.8 Å². The lowest BCUT2D eigenvalue weighted by atomic mass is 10.1. The van der Waals surface area contributed by atoms with E-state index in [1.165, 1.54) is 54.4 Å². The molecular weight excluding hydrogens is 504 g/mol. The van der Waals surface area contributed by atoms with E-state index in [9.17, 15) is 29.3 Å². The van der Waals surface area contributed by atoms with Crippen LogP contribution in [0.4, 0.5) is 11.4 Å². The second-order valence-corrected chi connectivity index (χ2v) is 8.50. The predicted octanol–water partition coefficient (Wildman–Crippen LogP) is 3.54. The van der Waals surface area contributed by atoms with Crippen molar-refractivity contribution in [2.75, 3.05) is 4.90 Å². The summed E-state index contributed by atoms with van der Waals surface area (Å²) in [6.07, 6.45) is 2.76. The molecule has 0 aliphatic carbocycles. The van der Waals surface area contributed by atoms with E-state index in [4.69, 9.17) is 16.3 Å². The first-order valence-electron chi connectivity index (χ1n) is 10.9. The second kappa shape index (κ2) is 10.5. The molecule has 1 aliphatic heterocycles. The zero-order chi connectivity index (χ0) is 26.7. The topological polar surface area (TPSA) is 140 Å². The Hall–Kier alpha value is -4.64. The number of aromatic nitrogens is 1. The van der Waals surface area contributed by atoms with E-state index in [2.05, 4.69) is 4.98 Å². The fraction of sp³-hybridized carbons (Fsp3) is 0.160. The van der Waals surface area contributed by atoms with Crippen LogP contribution in [-0.4, -0.2) is 44.5 Å². The highest BCUT2D eigenvalue weighted by molar-refractivity contribution is 6.32. The Morgan fingerprint density at radius 1 is 1.19 bits per heavy atom. The van der Waals surface area contributed by atoms with E-state index >= 15 is 0 Å². The first-order chi connectivity index (χ1) is 17.7. The van der Waals surface area contributed by atoms with Gasteiger partial charge in [0.15, 0.2) is 0 Å². The Kier molecular flexibility index (Phi) is 7.25. The minimum Gasteiger partial charge on any atom is -0.427 e. The van der Waals surface area contributed by atoms with Crippen LogP contribution in [0.3, 0.4) is 0 Å². The minimum absolute atomic E-state index is 0.0653. The van der Waals surface area contributed by atoms with Crippen molar-refractivity contribution in [1.82, 2.24) is 9.88 Å². The number of rotatable bonds is 7. The Labute approximate surface area is 215 Å². The van der Waals surface area contributed by atoms with E-state index in [0.29, 0.717) is 5.56 Å². The molecule has 1 saturated heterocycles. The zero-order valence-electron chi connectivity index (χ0n) is 19.4. The van der Waals surface area contributed by atoms with Crippen molar-refractivity contribution in [3.63, 3.8) is 0 Å². The summed E-state index contributed by atoms with van der Waals surface area (Å²) in [5.41, 5.74) is 0.301. The summed E-state index contributed by atoms with van der Waals surface area (Å²) in [6, 6.07) is 11.5. The number of anilines is 1. The van der Waals surface area contributed by atoms with Crippen molar-refractivity contribution in [1.29, 1.82) is 0 Å². The van der Waals surface area contributed by atoms with Gasteiger partial charge in [-0.3, -0.25) is 34.3 Å². The molecular formula is C25H19ClN4O7. The lowest BCUT2D eigenvalue weighted by molar-refractivity contribution is -0.384. The normalized spacial score (nSPS) is 15.0. The third-order valence-corrected chi connectivity index (χ3v) is 5.90. The fourth-order valence-corrected chi connectivity index (χ4v) is 4.11. The molecule has 4 rings (SSSR count). The summed E-state index contributed by atoms with van der Waals surface area (Å²) in [4.78, 5) is 67.9. The molecule has 1 atom stereocenters. The van der Waals surface area contributed by atoms with Crippen LogP contribution in [0.25, 0.3) is 0 Å². The number of benzene rings is 2. The number of carbonyl (C=O) groups is 4. The first-order valence-corrected chi connectivity index (χ1v) is 11.3. The number of pyridine rings is 1. The Morgan fingerprint density at radius 2 is 1.92 bits per heavy atom. The SMILES string of the molecule is CC(=O)Oc1ccc(N2C(=O)CC(N(Cc3cccnc3)C(=O)c3ccc(Cl)c([N+](=O)[O-])c3)C2=O)cc1. The standard InChI is InChI=1S/C25H19ClN4O7/c1-15(31)37-19-7-5-18(6-8-19)29-23(32)12-22(25(29)34)28(14-16-3-2-10-27-13-16)24(33)17-4-9-20(26)21(11-17)30(35)36/h2-11,13,22H,12,14H2,1H3. The number of amides is 3. The molecule has 37 heavy (non-hydrogen) atoms. The molecule has 2 aromatic carbocycles. The van der Waals surface area contributed by atoms with Gasteiger partial charge in [0.05, 0.1) is 17.0 Å². The fourth-order valence-electron chi connectivity index (χ4n) is 3.92. The minimum atomic E-state index is -1.18. The Balaban J connectivity index is 1.68. The van der Waals surface area contributed by atoms with Gasteiger partial charge in [0.25, 0.3) is 17.5 Å². The van der Waals surface area contributed by atoms with Gasteiger partial charge in [-0.2, -0.15) is 0 Å². The number of nitrogens with zero attached hydrogens (tertiary/aromatic N) is 4. The van der Waals surface area contributed by atoms with Crippen LogP contribution in [0.1, 0.15) is 29.3 Å². The van der Waals surface area contributed by atoms with Crippen LogP contribution in [0, 0.1) is 10.1 Å². The number of hydrogen-bond donors (Lipinski definition) is 0. The predicted molar refractivity (Wildman–Crippen MR) is 131 cm³/mol. The molecule has 12 heteroatoms. The summed E-state index contributed by atoms with van der Waals surface area (Å²) in [6.45, 7) is 1.17. The molecule has 1 fully saturated rings. The first kappa shape index (κ1) is 25.5. The van der Waals surface area contributed by atoms with Gasteiger partial charge in [-0.25, -0.2) is 4.90 Å². The van der Waals surface area contributed by atoms with E-state index in [-0.39, 0.29) is 35.0 Å². The molecule has 3 aromatic rings. The highest BCUT2D eigenvalue weighted by atomic mass is 35.5. The van der Waals surface area contributed by atoms with Crippen LogP contribution in [-0.2, 0) is 20.9 Å². The van der Waals surface area contributed by atoms with Crippen LogP contribution >= 0.6 is 11.6 Å². The summed E-state index contributed by atoms with van der Waals surface area (Å²) >= 11 is 5.89. The van der Waals surface area contributed by atoms with Gasteiger partial charge in [-0.1, -0.05) is 17.7 Å². The number of halogens is 1. The lowest BCUT2D eigenvalue weighted by Crippen LogP contribution is -2.45. The van der Waals surface area contributed by atoms with Crippen molar-refractivity contribution in [3.8, 4) is 5.75 Å². The van der Waals surface area contributed by atoms with E-state index in [0.717, 1.165) is 11.0 Å². The molecule has 188 valence electrons. The maximum atomic E-state index is 13.6. The quantitative estimate of drug-likeness (QED) is 0.151. The summed E-state index contributed by atoms with van der Waals surface area (Å²) in [5, 5.41) is 11.2. The molecule has 3 amide bonds. The molecule has 2 heterocycles. The van der Waals surface area contributed by atoms with Gasteiger partial charge >= 0.3 is 5.97 Å². The van der Waals surface area contributed by atoms with Gasteiger partial charge in [-0.05, 0) is 48.0 Å². The van der Waals surface area contributed by atoms with Crippen molar-refractivity contribution >= 4 is 46.7 Å². The summed E-state index contributed by atoms with van der Waals surface area (Å²) < 4.78 is 4.98. The molecule has 1 aliphatic rings. The molecule has 0 radical (unpaired) electrons. The van der Waals surface area contributed by atoms with Crippen molar-refractivity contribution in [2.45, 2.75) is 25.9 Å². The van der Waals surface area contributed by atoms with Crippen molar-refractivity contribution in [3.05, 3.63) is 93.3 Å². The van der Waals surface area contributed by atoms with E-state index in [1.807, 2.05) is 0 Å². The molecule has 0 saturated carbocycles. The molecule has 1 unspecified atom stereocenters. The van der Waals surface area contributed by atoms with Crippen LogP contribution in [0.5, 0.6) is 5.75 Å². The average molecular weight is 523 g/mol. The summed E-state index contributed by atoms with van der Waals surface area (Å²) in [7, 11) is 0. The number of imide groups is 1. The highest BCUT2D eigenvalue weighted by Gasteiger charge is 2.44. The van der Waals surface area contributed by atoms with Crippen LogP contribution in [0.15, 0.2) is 67.0 Å². The maximum absolute atomic E-state index is 13.6. The number of esters is 1. The summed E-state index contributed by atoms with van der Waals surface area (Å²) in [5.74, 6) is -2.16. The van der Waals surface area contributed by atoms with Gasteiger partial charge in [0.2, 0.25) is 5.91 Å². The monoisotopic (exact) mass is 522 g/mol.